The predicted molar refractivity (Wildman–Crippen MR) is 102 cm³/mol. The normalized spacial score (nSPS) is 10.7. The van der Waals surface area contributed by atoms with Gasteiger partial charge in [0.25, 0.3) is 0 Å². The van der Waals surface area contributed by atoms with Gasteiger partial charge in [-0.15, -0.1) is 0 Å². The van der Waals surface area contributed by atoms with Crippen LogP contribution in [0.2, 0.25) is 0 Å². The van der Waals surface area contributed by atoms with Crippen LogP contribution in [0.1, 0.15) is 31.1 Å². The van der Waals surface area contributed by atoms with Crippen molar-refractivity contribution in [2.24, 2.45) is 0 Å². The van der Waals surface area contributed by atoms with E-state index < -0.39 is 5.41 Å². The molecule has 0 saturated heterocycles. The molecule has 0 aliphatic carbocycles. The van der Waals surface area contributed by atoms with Gasteiger partial charge in [0, 0.05) is 11.1 Å². The van der Waals surface area contributed by atoms with E-state index in [1.165, 1.54) is 10.7 Å². The Hall–Kier alpha value is -3.68. The van der Waals surface area contributed by atoms with Crippen LogP contribution in [0.15, 0.2) is 42.5 Å². The summed E-state index contributed by atoms with van der Waals surface area (Å²) < 4.78 is 1.45. The third-order valence-electron chi connectivity index (χ3n) is 4.39. The van der Waals surface area contributed by atoms with Crippen molar-refractivity contribution in [1.82, 2.24) is 34.9 Å². The minimum absolute atomic E-state index is 0. The van der Waals surface area contributed by atoms with Gasteiger partial charge in [-0.05, 0) is 55.2 Å². The van der Waals surface area contributed by atoms with Crippen LogP contribution in [0.25, 0.3) is 22.2 Å². The molecule has 0 radical (unpaired) electrons. The molecule has 0 saturated carbocycles. The van der Waals surface area contributed by atoms with Gasteiger partial charge in [-0.3, -0.25) is 15.1 Å². The van der Waals surface area contributed by atoms with Gasteiger partial charge < -0.3 is 14.9 Å². The number of pyridine rings is 2. The molecule has 9 nitrogen and oxygen atoms in total. The minimum atomic E-state index is -0.542. The minimum Gasteiger partial charge on any atom is -0.408 e. The van der Waals surface area contributed by atoms with Crippen LogP contribution in [0.5, 0.6) is 0 Å². The Morgan fingerprint density at radius 1 is 1.13 bits per heavy atom. The van der Waals surface area contributed by atoms with E-state index in [1.807, 2.05) is 44.2 Å². The van der Waals surface area contributed by atoms with Crippen molar-refractivity contribution in [2.45, 2.75) is 19.3 Å². The molecule has 0 spiro atoms. The summed E-state index contributed by atoms with van der Waals surface area (Å²) in [6, 6.07) is 14.5. The second-order valence-corrected chi connectivity index (χ2v) is 6.64. The van der Waals surface area contributed by atoms with E-state index >= 15 is 0 Å². The predicted octanol–water partition coefficient (Wildman–Crippen LogP) is 2.62. The molecule has 0 atom stereocenters. The van der Waals surface area contributed by atoms with Crippen molar-refractivity contribution < 1.29 is 21.1 Å². The maximum atomic E-state index is 8.90. The van der Waals surface area contributed by atoms with Crippen molar-refractivity contribution in [3.63, 3.8) is 0 Å². The summed E-state index contributed by atoms with van der Waals surface area (Å²) in [4.78, 5) is 16.7. The number of nitriles is 1. The molecule has 0 unspecified atom stereocenters. The van der Waals surface area contributed by atoms with Crippen LogP contribution >= 0.6 is 0 Å². The molecule has 4 aromatic heterocycles. The number of hydrogen-bond donors (Lipinski definition) is 0. The standard InChI is InChI=1S/C20H13N9.Pt/c1-20(2,14-7-4-6-13(23-14)19-25-17(12-21)26-27-19)15-8-5-9-18(24-15)29-11-10-16(22-3)28-29;/h4-10H,1-2H3;/q-2;+2. The zero-order valence-electron chi connectivity index (χ0n) is 15.9. The fourth-order valence-corrected chi connectivity index (χ4v) is 2.77. The zero-order valence-corrected chi connectivity index (χ0v) is 18.2. The average molecular weight is 574 g/mol. The summed E-state index contributed by atoms with van der Waals surface area (Å²) in [5.41, 5.74) is 1.52. The average Bonchev–Trinajstić information content (AvgIpc) is 3.43. The summed E-state index contributed by atoms with van der Waals surface area (Å²) in [5, 5.41) is 20.7. The maximum Gasteiger partial charge on any atom is 2.00 e. The van der Waals surface area contributed by atoms with Gasteiger partial charge in [0.2, 0.25) is 0 Å². The first-order valence-corrected chi connectivity index (χ1v) is 8.60. The SMILES string of the molecule is [C-]#[N+]c1c[c-]n(-c2cccc(C(C)(C)c3cccc(-c4nc(C#N)n[n-]4)n3)n2)n1.[Pt+2]. The Kier molecular flexibility index (Phi) is 5.86. The molecule has 0 aliphatic rings. The molecule has 0 fully saturated rings. The molecular weight excluding hydrogens is 561 g/mol. The van der Waals surface area contributed by atoms with Crippen molar-refractivity contribution in [3.05, 3.63) is 77.3 Å². The molecule has 4 aromatic rings. The quantitative estimate of drug-likeness (QED) is 0.345. The van der Waals surface area contributed by atoms with Crippen LogP contribution in [-0.4, -0.2) is 29.8 Å². The van der Waals surface area contributed by atoms with Crippen molar-refractivity contribution in [3.8, 4) is 23.4 Å². The molecule has 0 N–H and O–H groups in total. The molecule has 10 heteroatoms. The second kappa shape index (κ2) is 8.36. The van der Waals surface area contributed by atoms with E-state index in [2.05, 4.69) is 36.3 Å². The van der Waals surface area contributed by atoms with Crippen molar-refractivity contribution >= 4 is 5.82 Å². The molecule has 0 aliphatic heterocycles. The second-order valence-electron chi connectivity index (χ2n) is 6.64. The van der Waals surface area contributed by atoms with E-state index in [4.69, 9.17) is 16.8 Å². The third kappa shape index (κ3) is 3.89. The molecule has 4 rings (SSSR count). The van der Waals surface area contributed by atoms with Crippen molar-refractivity contribution in [1.29, 1.82) is 5.26 Å². The van der Waals surface area contributed by atoms with Crippen LogP contribution in [0.3, 0.4) is 0 Å². The summed E-state index contributed by atoms with van der Waals surface area (Å²) >= 11 is 0. The first kappa shape index (κ1) is 21.0. The third-order valence-corrected chi connectivity index (χ3v) is 4.39. The summed E-state index contributed by atoms with van der Waals surface area (Å²) in [5.74, 6) is 1.13. The summed E-state index contributed by atoms with van der Waals surface area (Å²) in [7, 11) is 0. The first-order chi connectivity index (χ1) is 14.0. The number of aromatic nitrogens is 7. The summed E-state index contributed by atoms with van der Waals surface area (Å²) in [6.07, 6.45) is 2.89. The Balaban J connectivity index is 0.00000256. The first-order valence-electron chi connectivity index (χ1n) is 8.60. The van der Waals surface area contributed by atoms with Gasteiger partial charge >= 0.3 is 26.9 Å². The van der Waals surface area contributed by atoms with E-state index in [0.29, 0.717) is 17.3 Å². The van der Waals surface area contributed by atoms with E-state index in [9.17, 15) is 0 Å². The topological polar surface area (TPSA) is 112 Å². The van der Waals surface area contributed by atoms with Crippen LogP contribution in [-0.2, 0) is 26.5 Å². The Morgan fingerprint density at radius 3 is 2.53 bits per heavy atom. The number of hydrogen-bond acceptors (Lipinski definition) is 6. The van der Waals surface area contributed by atoms with Gasteiger partial charge in [-0.25, -0.2) is 4.68 Å². The Labute approximate surface area is 186 Å². The molecule has 0 amide bonds. The van der Waals surface area contributed by atoms with E-state index in [-0.39, 0.29) is 32.7 Å². The monoisotopic (exact) mass is 574 g/mol. The molecule has 148 valence electrons. The molecule has 30 heavy (non-hydrogen) atoms. The van der Waals surface area contributed by atoms with Gasteiger partial charge in [-0.1, -0.05) is 24.8 Å². The van der Waals surface area contributed by atoms with Crippen molar-refractivity contribution in [2.75, 3.05) is 0 Å². The van der Waals surface area contributed by atoms with E-state index in [1.54, 1.807) is 12.1 Å². The fraction of sp³-hybridized carbons (Fsp3) is 0.150. The van der Waals surface area contributed by atoms with E-state index in [0.717, 1.165) is 11.4 Å². The Bertz CT molecular complexity index is 1180. The van der Waals surface area contributed by atoms with Crippen LogP contribution in [0, 0.1) is 24.1 Å². The van der Waals surface area contributed by atoms with Gasteiger partial charge in [-0.2, -0.15) is 5.26 Å². The fourth-order valence-electron chi connectivity index (χ4n) is 2.77. The van der Waals surface area contributed by atoms with Gasteiger partial charge in [0.15, 0.2) is 0 Å². The number of nitrogens with zero attached hydrogens (tertiary/aromatic N) is 9. The largest absolute Gasteiger partial charge is 2.00 e. The molecule has 0 bridgehead atoms. The Morgan fingerprint density at radius 2 is 1.87 bits per heavy atom. The molecular formula is C20H13N9Pt. The zero-order chi connectivity index (χ0) is 20.4. The van der Waals surface area contributed by atoms with Crippen LogP contribution in [0.4, 0.5) is 5.82 Å². The number of rotatable bonds is 4. The molecule has 4 heterocycles. The van der Waals surface area contributed by atoms with Gasteiger partial charge in [0.05, 0.1) is 17.2 Å². The smallest absolute Gasteiger partial charge is 0.408 e. The van der Waals surface area contributed by atoms with Gasteiger partial charge in [0.1, 0.15) is 11.9 Å². The van der Waals surface area contributed by atoms with Crippen LogP contribution < -0.4 is 5.10 Å². The molecule has 0 aromatic carbocycles. The summed E-state index contributed by atoms with van der Waals surface area (Å²) in [6.45, 7) is 11.1. The maximum absolute atomic E-state index is 8.90.